The van der Waals surface area contributed by atoms with Crippen LogP contribution in [0.4, 0.5) is 18.9 Å². The lowest BCUT2D eigenvalue weighted by atomic mass is 10.2. The van der Waals surface area contributed by atoms with E-state index in [2.05, 4.69) is 16.8 Å². The Morgan fingerprint density at radius 3 is 2.75 bits per heavy atom. The third-order valence-corrected chi connectivity index (χ3v) is 1.59. The number of anilines is 1. The third-order valence-electron chi connectivity index (χ3n) is 1.59. The maximum Gasteiger partial charge on any atom is 0.471 e. The molecule has 0 aliphatic heterocycles. The monoisotopic (exact) mass is 228 g/mol. The molecule has 6 heteroatoms. The first kappa shape index (κ1) is 12.0. The summed E-state index contributed by atoms with van der Waals surface area (Å²) in [6.07, 6.45) is -2.37. The SMILES string of the molecule is CC#Cc1cnccc1NC(=O)C(F)(F)F. The molecule has 0 atom stereocenters. The summed E-state index contributed by atoms with van der Waals surface area (Å²) in [5, 5.41) is 1.73. The van der Waals surface area contributed by atoms with E-state index in [0.29, 0.717) is 0 Å². The Morgan fingerprint density at radius 1 is 1.50 bits per heavy atom. The molecule has 0 saturated carbocycles. The molecule has 16 heavy (non-hydrogen) atoms. The highest BCUT2D eigenvalue weighted by Crippen LogP contribution is 2.19. The van der Waals surface area contributed by atoms with Crippen molar-refractivity contribution in [2.75, 3.05) is 5.32 Å². The summed E-state index contributed by atoms with van der Waals surface area (Å²) in [4.78, 5) is 14.4. The van der Waals surface area contributed by atoms with Crippen molar-refractivity contribution in [3.8, 4) is 11.8 Å². The summed E-state index contributed by atoms with van der Waals surface area (Å²) in [7, 11) is 0. The molecule has 1 rings (SSSR count). The maximum absolute atomic E-state index is 12.0. The molecular formula is C10H7F3N2O. The fourth-order valence-electron chi connectivity index (χ4n) is 0.931. The highest BCUT2D eigenvalue weighted by molar-refractivity contribution is 5.95. The van der Waals surface area contributed by atoms with E-state index >= 15 is 0 Å². The number of aromatic nitrogens is 1. The molecule has 0 aliphatic rings. The van der Waals surface area contributed by atoms with Crippen molar-refractivity contribution in [3.63, 3.8) is 0 Å². The second-order valence-electron chi connectivity index (χ2n) is 2.75. The number of carbonyl (C=O) groups excluding carboxylic acids is 1. The van der Waals surface area contributed by atoms with Gasteiger partial charge in [-0.1, -0.05) is 5.92 Å². The number of pyridine rings is 1. The lowest BCUT2D eigenvalue weighted by Gasteiger charge is -2.08. The van der Waals surface area contributed by atoms with Crippen LogP contribution < -0.4 is 5.32 Å². The van der Waals surface area contributed by atoms with Crippen LogP contribution in [0.25, 0.3) is 0 Å². The van der Waals surface area contributed by atoms with Crippen molar-refractivity contribution in [2.24, 2.45) is 0 Å². The van der Waals surface area contributed by atoms with Crippen LogP contribution >= 0.6 is 0 Å². The average Bonchev–Trinajstić information content (AvgIpc) is 2.20. The number of amides is 1. The minimum absolute atomic E-state index is 0.00771. The first-order valence-corrected chi connectivity index (χ1v) is 4.20. The van der Waals surface area contributed by atoms with Crippen LogP contribution in [0.1, 0.15) is 12.5 Å². The van der Waals surface area contributed by atoms with Crippen molar-refractivity contribution < 1.29 is 18.0 Å². The molecule has 0 unspecified atom stereocenters. The van der Waals surface area contributed by atoms with Gasteiger partial charge in [0.2, 0.25) is 0 Å². The molecule has 0 spiro atoms. The van der Waals surface area contributed by atoms with Gasteiger partial charge in [-0.25, -0.2) is 0 Å². The van der Waals surface area contributed by atoms with Gasteiger partial charge in [-0.3, -0.25) is 9.78 Å². The minimum Gasteiger partial charge on any atom is -0.317 e. The number of nitrogens with one attached hydrogen (secondary N) is 1. The number of hydrogen-bond donors (Lipinski definition) is 1. The zero-order valence-corrected chi connectivity index (χ0v) is 8.22. The Bertz CT molecular complexity index is 457. The largest absolute Gasteiger partial charge is 0.471 e. The molecule has 1 aromatic heterocycles. The number of rotatable bonds is 1. The number of halogens is 3. The highest BCUT2D eigenvalue weighted by atomic mass is 19.4. The van der Waals surface area contributed by atoms with E-state index in [4.69, 9.17) is 0 Å². The predicted molar refractivity (Wildman–Crippen MR) is 51.5 cm³/mol. The molecule has 1 aromatic rings. The molecular weight excluding hydrogens is 221 g/mol. The molecule has 0 radical (unpaired) electrons. The Morgan fingerprint density at radius 2 is 2.19 bits per heavy atom. The number of hydrogen-bond acceptors (Lipinski definition) is 2. The zero-order chi connectivity index (χ0) is 12.2. The van der Waals surface area contributed by atoms with E-state index in [0.717, 1.165) is 0 Å². The first-order chi connectivity index (χ1) is 7.45. The smallest absolute Gasteiger partial charge is 0.317 e. The van der Waals surface area contributed by atoms with Gasteiger partial charge in [0.15, 0.2) is 0 Å². The van der Waals surface area contributed by atoms with Crippen molar-refractivity contribution in [1.82, 2.24) is 4.98 Å². The van der Waals surface area contributed by atoms with Crippen LogP contribution in [0.5, 0.6) is 0 Å². The van der Waals surface area contributed by atoms with Gasteiger partial charge >= 0.3 is 12.1 Å². The van der Waals surface area contributed by atoms with Gasteiger partial charge in [0.1, 0.15) is 0 Å². The number of carbonyl (C=O) groups is 1. The Labute approximate surface area is 89.7 Å². The second kappa shape index (κ2) is 4.66. The summed E-state index contributed by atoms with van der Waals surface area (Å²) in [6, 6.07) is 1.25. The van der Waals surface area contributed by atoms with Crippen molar-refractivity contribution >= 4 is 11.6 Å². The molecule has 84 valence electrons. The lowest BCUT2D eigenvalue weighted by molar-refractivity contribution is -0.167. The summed E-state index contributed by atoms with van der Waals surface area (Å²) in [5.74, 6) is 3.02. The molecule has 0 fully saturated rings. The van der Waals surface area contributed by atoms with Crippen LogP contribution in [0.2, 0.25) is 0 Å². The van der Waals surface area contributed by atoms with Crippen LogP contribution in [-0.2, 0) is 4.79 Å². The van der Waals surface area contributed by atoms with E-state index in [1.807, 2.05) is 0 Å². The van der Waals surface area contributed by atoms with Crippen LogP contribution in [-0.4, -0.2) is 17.1 Å². The summed E-state index contributed by atoms with van der Waals surface area (Å²) < 4.78 is 36.0. The molecule has 0 aromatic carbocycles. The van der Waals surface area contributed by atoms with Gasteiger partial charge in [-0.15, -0.1) is 5.92 Å². The summed E-state index contributed by atoms with van der Waals surface area (Å²) in [5.41, 5.74) is 0.231. The topological polar surface area (TPSA) is 42.0 Å². The Hall–Kier alpha value is -2.03. The van der Waals surface area contributed by atoms with Crippen molar-refractivity contribution in [1.29, 1.82) is 0 Å². The minimum atomic E-state index is -4.92. The predicted octanol–water partition coefficient (Wildman–Crippen LogP) is 1.95. The molecule has 1 amide bonds. The van der Waals surface area contributed by atoms with E-state index < -0.39 is 12.1 Å². The second-order valence-corrected chi connectivity index (χ2v) is 2.75. The van der Waals surface area contributed by atoms with Gasteiger partial charge in [0.25, 0.3) is 0 Å². The maximum atomic E-state index is 12.0. The van der Waals surface area contributed by atoms with Crippen molar-refractivity contribution in [3.05, 3.63) is 24.0 Å². The lowest BCUT2D eigenvalue weighted by Crippen LogP contribution is -2.30. The zero-order valence-electron chi connectivity index (χ0n) is 8.22. The standard InChI is InChI=1S/C10H7F3N2O/c1-2-3-7-6-14-5-4-8(7)15-9(16)10(11,12)13/h4-6H,1H3,(H,14,15,16). The first-order valence-electron chi connectivity index (χ1n) is 4.20. The Balaban J connectivity index is 2.96. The fourth-order valence-corrected chi connectivity index (χ4v) is 0.931. The number of nitrogens with zero attached hydrogens (tertiary/aromatic N) is 1. The summed E-state index contributed by atoms with van der Waals surface area (Å²) >= 11 is 0. The van der Waals surface area contributed by atoms with Crippen molar-refractivity contribution in [2.45, 2.75) is 13.1 Å². The van der Waals surface area contributed by atoms with Crippen LogP contribution in [0, 0.1) is 11.8 Å². The van der Waals surface area contributed by atoms with Gasteiger partial charge in [-0.2, -0.15) is 13.2 Å². The highest BCUT2D eigenvalue weighted by Gasteiger charge is 2.38. The van der Waals surface area contributed by atoms with Crippen LogP contribution in [0.3, 0.4) is 0 Å². The average molecular weight is 228 g/mol. The fraction of sp³-hybridized carbons (Fsp3) is 0.200. The number of alkyl halides is 3. The van der Waals surface area contributed by atoms with Crippen LogP contribution in [0.15, 0.2) is 18.5 Å². The molecule has 0 bridgehead atoms. The molecule has 1 N–H and O–H groups in total. The van der Waals surface area contributed by atoms with E-state index in [1.54, 1.807) is 5.32 Å². The molecule has 0 aliphatic carbocycles. The molecule has 3 nitrogen and oxygen atoms in total. The van der Waals surface area contributed by atoms with E-state index in [-0.39, 0.29) is 11.3 Å². The third kappa shape index (κ3) is 2.98. The molecule has 0 saturated heterocycles. The summed E-state index contributed by atoms with van der Waals surface area (Å²) in [6.45, 7) is 1.53. The normalized spacial score (nSPS) is 10.2. The van der Waals surface area contributed by atoms with Gasteiger partial charge in [-0.05, 0) is 13.0 Å². The quantitative estimate of drug-likeness (QED) is 0.746. The van der Waals surface area contributed by atoms with Gasteiger partial charge < -0.3 is 5.32 Å². The Kier molecular flexibility index (Phi) is 3.51. The van der Waals surface area contributed by atoms with E-state index in [9.17, 15) is 18.0 Å². The van der Waals surface area contributed by atoms with E-state index in [1.165, 1.54) is 25.4 Å². The molecule has 1 heterocycles. The van der Waals surface area contributed by atoms with Gasteiger partial charge in [0, 0.05) is 12.4 Å². The van der Waals surface area contributed by atoms with Gasteiger partial charge in [0.05, 0.1) is 11.3 Å².